The van der Waals surface area contributed by atoms with Gasteiger partial charge in [0.15, 0.2) is 6.20 Å². The van der Waals surface area contributed by atoms with Crippen molar-refractivity contribution in [2.45, 2.75) is 0 Å². The molecule has 0 amide bonds. The molecule has 1 rings (SSSR count). The van der Waals surface area contributed by atoms with Crippen LogP contribution in [0.4, 0.5) is 11.5 Å². The molecule has 0 radical (unpaired) electrons. The number of aromatic nitrogens is 1. The van der Waals surface area contributed by atoms with E-state index in [1.807, 2.05) is 11.9 Å². The molecule has 0 saturated carbocycles. The number of pyridine rings is 1. The molecule has 1 aromatic rings. The molecule has 0 bridgehead atoms. The molecule has 0 spiro atoms. The Bertz CT molecular complexity index is 355. The molecule has 0 saturated heterocycles. The molecule has 0 aliphatic rings. The highest BCUT2D eigenvalue weighted by Gasteiger charge is 2.08. The predicted molar refractivity (Wildman–Crippen MR) is 62.1 cm³/mol. The number of nitro groups is 1. The van der Waals surface area contributed by atoms with Gasteiger partial charge in [0.25, 0.3) is 0 Å². The van der Waals surface area contributed by atoms with Gasteiger partial charge in [-0.3, -0.25) is 0 Å². The van der Waals surface area contributed by atoms with Crippen LogP contribution in [0.25, 0.3) is 0 Å². The van der Waals surface area contributed by atoms with E-state index >= 15 is 0 Å². The molecular weight excluding hydrogens is 226 g/mol. The molecule has 1 N–H and O–H groups in total. The fourth-order valence-electron chi connectivity index (χ4n) is 1.21. The van der Waals surface area contributed by atoms with Gasteiger partial charge in [-0.05, 0) is 16.0 Å². The third-order valence-electron chi connectivity index (χ3n) is 2.17. The molecule has 0 unspecified atom stereocenters. The van der Waals surface area contributed by atoms with E-state index in [-0.39, 0.29) is 12.4 Å². The number of hydrogen-bond donors (Lipinski definition) is 1. The number of anilines is 1. The zero-order valence-electron chi connectivity index (χ0n) is 9.57. The van der Waals surface area contributed by atoms with Crippen molar-refractivity contribution in [1.29, 1.82) is 0 Å². The standard InChI is InChI=1S/C10H15N3O4/c1-12(4-6-17-7-5-14)9-2-3-10(11-8-9)13(15)16/h2-3,8,14H,4-7H2,1H3. The van der Waals surface area contributed by atoms with Crippen molar-refractivity contribution < 1.29 is 14.8 Å². The first-order valence-electron chi connectivity index (χ1n) is 5.15. The number of aliphatic hydroxyl groups is 1. The van der Waals surface area contributed by atoms with Crippen molar-refractivity contribution in [3.05, 3.63) is 28.4 Å². The maximum atomic E-state index is 10.4. The van der Waals surface area contributed by atoms with Gasteiger partial charge in [0.05, 0.1) is 25.5 Å². The van der Waals surface area contributed by atoms with Crippen LogP contribution in [0.3, 0.4) is 0 Å². The highest BCUT2D eigenvalue weighted by molar-refractivity contribution is 5.45. The fourth-order valence-corrected chi connectivity index (χ4v) is 1.21. The summed E-state index contributed by atoms with van der Waals surface area (Å²) >= 11 is 0. The summed E-state index contributed by atoms with van der Waals surface area (Å²) in [6, 6.07) is 3.00. The first-order chi connectivity index (χ1) is 8.15. The van der Waals surface area contributed by atoms with E-state index in [1.54, 1.807) is 6.07 Å². The van der Waals surface area contributed by atoms with E-state index in [1.165, 1.54) is 12.3 Å². The largest absolute Gasteiger partial charge is 0.394 e. The van der Waals surface area contributed by atoms with Gasteiger partial charge in [-0.15, -0.1) is 0 Å². The second kappa shape index (κ2) is 6.77. The highest BCUT2D eigenvalue weighted by atomic mass is 16.6. The van der Waals surface area contributed by atoms with Gasteiger partial charge in [0, 0.05) is 19.7 Å². The minimum atomic E-state index is -0.534. The number of aliphatic hydroxyl groups excluding tert-OH is 1. The van der Waals surface area contributed by atoms with Crippen LogP contribution in [0, 0.1) is 10.1 Å². The van der Waals surface area contributed by atoms with Crippen LogP contribution in [0.5, 0.6) is 0 Å². The normalized spacial score (nSPS) is 10.2. The summed E-state index contributed by atoms with van der Waals surface area (Å²) in [6.45, 7) is 1.42. The maximum absolute atomic E-state index is 10.4. The number of rotatable bonds is 7. The molecule has 0 aliphatic carbocycles. The maximum Gasteiger partial charge on any atom is 0.363 e. The van der Waals surface area contributed by atoms with Gasteiger partial charge >= 0.3 is 5.82 Å². The van der Waals surface area contributed by atoms with Crippen molar-refractivity contribution >= 4 is 11.5 Å². The van der Waals surface area contributed by atoms with Crippen LogP contribution >= 0.6 is 0 Å². The molecule has 1 aromatic heterocycles. The van der Waals surface area contributed by atoms with Crippen LogP contribution in [0.2, 0.25) is 0 Å². The Morgan fingerprint density at radius 1 is 1.53 bits per heavy atom. The monoisotopic (exact) mass is 241 g/mol. The summed E-state index contributed by atoms with van der Waals surface area (Å²) in [7, 11) is 1.84. The summed E-state index contributed by atoms with van der Waals surface area (Å²) in [5.41, 5.74) is 0.781. The lowest BCUT2D eigenvalue weighted by Crippen LogP contribution is -2.23. The summed E-state index contributed by atoms with van der Waals surface area (Å²) in [4.78, 5) is 15.5. The van der Waals surface area contributed by atoms with Crippen LogP contribution in [0.15, 0.2) is 18.3 Å². The van der Waals surface area contributed by atoms with Gasteiger partial charge in [-0.2, -0.15) is 0 Å². The van der Waals surface area contributed by atoms with Crippen LogP contribution < -0.4 is 4.90 Å². The molecule has 7 heteroatoms. The molecule has 7 nitrogen and oxygen atoms in total. The van der Waals surface area contributed by atoms with Gasteiger partial charge in [-0.1, -0.05) is 0 Å². The zero-order valence-corrected chi connectivity index (χ0v) is 9.57. The van der Waals surface area contributed by atoms with Gasteiger partial charge in [-0.25, -0.2) is 0 Å². The number of hydrogen-bond acceptors (Lipinski definition) is 6. The van der Waals surface area contributed by atoms with Crippen molar-refractivity contribution in [3.8, 4) is 0 Å². The number of ether oxygens (including phenoxy) is 1. The molecule has 0 aliphatic heterocycles. The van der Waals surface area contributed by atoms with Crippen molar-refractivity contribution in [3.63, 3.8) is 0 Å². The minimum Gasteiger partial charge on any atom is -0.394 e. The summed E-state index contributed by atoms with van der Waals surface area (Å²) in [5, 5.41) is 18.9. The van der Waals surface area contributed by atoms with E-state index < -0.39 is 4.92 Å². The summed E-state index contributed by atoms with van der Waals surface area (Å²) in [5.74, 6) is -0.168. The molecule has 1 heterocycles. The average molecular weight is 241 g/mol. The lowest BCUT2D eigenvalue weighted by Gasteiger charge is -2.17. The van der Waals surface area contributed by atoms with E-state index in [0.29, 0.717) is 19.8 Å². The Hall–Kier alpha value is -1.73. The minimum absolute atomic E-state index is 0.00278. The lowest BCUT2D eigenvalue weighted by molar-refractivity contribution is -0.389. The Morgan fingerprint density at radius 3 is 2.82 bits per heavy atom. The van der Waals surface area contributed by atoms with Crippen molar-refractivity contribution in [2.24, 2.45) is 0 Å². The quantitative estimate of drug-likeness (QED) is 0.423. The van der Waals surface area contributed by atoms with Gasteiger partial charge in [0.1, 0.15) is 0 Å². The molecule has 0 fully saturated rings. The molecule has 0 aromatic carbocycles. The SMILES string of the molecule is CN(CCOCCO)c1ccc([N+](=O)[O-])nc1. The summed E-state index contributed by atoms with van der Waals surface area (Å²) in [6.07, 6.45) is 1.45. The highest BCUT2D eigenvalue weighted by Crippen LogP contribution is 2.14. The van der Waals surface area contributed by atoms with Crippen LogP contribution in [-0.2, 0) is 4.74 Å². The zero-order chi connectivity index (χ0) is 12.7. The Balaban J connectivity index is 2.46. The van der Waals surface area contributed by atoms with Crippen molar-refractivity contribution in [2.75, 3.05) is 38.3 Å². The second-order valence-electron chi connectivity index (χ2n) is 3.39. The van der Waals surface area contributed by atoms with E-state index in [2.05, 4.69) is 4.98 Å². The van der Waals surface area contributed by atoms with Crippen LogP contribution in [0.1, 0.15) is 0 Å². The molecule has 0 atom stereocenters. The third-order valence-corrected chi connectivity index (χ3v) is 2.17. The molecular formula is C10H15N3O4. The smallest absolute Gasteiger partial charge is 0.363 e. The Kier molecular flexibility index (Phi) is 5.31. The van der Waals surface area contributed by atoms with E-state index in [4.69, 9.17) is 9.84 Å². The van der Waals surface area contributed by atoms with Gasteiger partial charge < -0.3 is 24.9 Å². The first-order valence-corrected chi connectivity index (χ1v) is 5.15. The second-order valence-corrected chi connectivity index (χ2v) is 3.39. The number of nitrogens with zero attached hydrogens (tertiary/aromatic N) is 3. The van der Waals surface area contributed by atoms with Crippen LogP contribution in [-0.4, -0.2) is 48.4 Å². The van der Waals surface area contributed by atoms with E-state index in [9.17, 15) is 10.1 Å². The van der Waals surface area contributed by atoms with Gasteiger partial charge in [0.2, 0.25) is 0 Å². The first kappa shape index (κ1) is 13.3. The molecule has 17 heavy (non-hydrogen) atoms. The Labute approximate surface area is 98.8 Å². The predicted octanol–water partition coefficient (Wildman–Crippen LogP) is 0.435. The number of likely N-dealkylation sites (N-methyl/N-ethyl adjacent to an activating group) is 1. The topological polar surface area (TPSA) is 88.7 Å². The fraction of sp³-hybridized carbons (Fsp3) is 0.500. The third kappa shape index (κ3) is 4.33. The summed E-state index contributed by atoms with van der Waals surface area (Å²) < 4.78 is 5.12. The molecule has 94 valence electrons. The van der Waals surface area contributed by atoms with E-state index in [0.717, 1.165) is 5.69 Å². The Morgan fingerprint density at radius 2 is 2.29 bits per heavy atom. The average Bonchev–Trinajstić information content (AvgIpc) is 2.34. The lowest BCUT2D eigenvalue weighted by atomic mass is 10.3. The van der Waals surface area contributed by atoms with Crippen molar-refractivity contribution in [1.82, 2.24) is 4.98 Å².